The summed E-state index contributed by atoms with van der Waals surface area (Å²) >= 11 is 1.83. The van der Waals surface area contributed by atoms with Crippen LogP contribution in [0.15, 0.2) is 66.0 Å². The zero-order chi connectivity index (χ0) is 18.6. The second-order valence-corrected chi connectivity index (χ2v) is 7.89. The number of rotatable bonds is 5. The Hall–Kier alpha value is -2.43. The smallest absolute Gasteiger partial charge is 0.238 e. The number of hydrogen-bond donors (Lipinski definition) is 1. The maximum Gasteiger partial charge on any atom is 0.238 e. The minimum Gasteiger partial charge on any atom is -0.325 e. The molecule has 0 radical (unpaired) electrons. The summed E-state index contributed by atoms with van der Waals surface area (Å²) in [5, 5.41) is 5.29. The fourth-order valence-electron chi connectivity index (χ4n) is 3.89. The van der Waals surface area contributed by atoms with Crippen molar-refractivity contribution in [3.05, 3.63) is 87.6 Å². The Morgan fingerprint density at radius 3 is 2.70 bits per heavy atom. The van der Waals surface area contributed by atoms with Gasteiger partial charge in [0.15, 0.2) is 0 Å². The van der Waals surface area contributed by atoms with E-state index >= 15 is 0 Å². The molecule has 1 N–H and O–H groups in total. The van der Waals surface area contributed by atoms with E-state index in [9.17, 15) is 4.79 Å². The summed E-state index contributed by atoms with van der Waals surface area (Å²) in [5.74, 6) is 0.0514. The number of nitrogens with zero attached hydrogens (tertiary/aromatic N) is 1. The Bertz CT molecular complexity index is 919. The van der Waals surface area contributed by atoms with Crippen LogP contribution < -0.4 is 5.32 Å². The van der Waals surface area contributed by atoms with Gasteiger partial charge in [-0.3, -0.25) is 9.69 Å². The number of anilines is 1. The first-order valence-corrected chi connectivity index (χ1v) is 10.4. The number of amides is 1. The van der Waals surface area contributed by atoms with E-state index in [0.29, 0.717) is 6.54 Å². The van der Waals surface area contributed by atoms with Crippen molar-refractivity contribution in [2.45, 2.75) is 25.8 Å². The highest BCUT2D eigenvalue weighted by Crippen LogP contribution is 2.37. The SMILES string of the molecule is CCc1ccccc1NC(=O)CN1CCc2sccc2[C@@H]1c1ccccc1. The zero-order valence-corrected chi connectivity index (χ0v) is 16.3. The molecule has 2 aromatic carbocycles. The van der Waals surface area contributed by atoms with Crippen LogP contribution in [0.25, 0.3) is 0 Å². The Balaban J connectivity index is 1.56. The molecule has 4 rings (SSSR count). The number of para-hydroxylation sites is 1. The molecule has 3 aromatic rings. The molecule has 1 atom stereocenters. The van der Waals surface area contributed by atoms with Gasteiger partial charge in [-0.15, -0.1) is 11.3 Å². The molecule has 0 spiro atoms. The highest BCUT2D eigenvalue weighted by Gasteiger charge is 2.30. The number of fused-ring (bicyclic) bond motifs is 1. The third-order valence-corrected chi connectivity index (χ3v) is 6.20. The third-order valence-electron chi connectivity index (χ3n) is 5.20. The maximum atomic E-state index is 12.8. The highest BCUT2D eigenvalue weighted by atomic mass is 32.1. The average Bonchev–Trinajstić information content (AvgIpc) is 3.17. The van der Waals surface area contributed by atoms with E-state index < -0.39 is 0 Å². The quantitative estimate of drug-likeness (QED) is 0.687. The van der Waals surface area contributed by atoms with Crippen LogP contribution in [0.4, 0.5) is 5.69 Å². The number of thiophene rings is 1. The van der Waals surface area contributed by atoms with Crippen molar-refractivity contribution in [1.29, 1.82) is 0 Å². The molecule has 0 saturated carbocycles. The van der Waals surface area contributed by atoms with Crippen LogP contribution in [0.2, 0.25) is 0 Å². The topological polar surface area (TPSA) is 32.3 Å². The fraction of sp³-hybridized carbons (Fsp3) is 0.261. The van der Waals surface area contributed by atoms with Gasteiger partial charge in [0, 0.05) is 17.1 Å². The van der Waals surface area contributed by atoms with Gasteiger partial charge in [0.05, 0.1) is 12.6 Å². The normalized spacial score (nSPS) is 16.7. The number of hydrogen-bond acceptors (Lipinski definition) is 3. The van der Waals surface area contributed by atoms with Crippen LogP contribution in [0.5, 0.6) is 0 Å². The summed E-state index contributed by atoms with van der Waals surface area (Å²) in [6, 6.07) is 20.9. The van der Waals surface area contributed by atoms with E-state index in [0.717, 1.165) is 25.1 Å². The molecule has 0 aliphatic carbocycles. The molecule has 138 valence electrons. The minimum absolute atomic E-state index is 0.0514. The van der Waals surface area contributed by atoms with Crippen molar-refractivity contribution in [2.24, 2.45) is 0 Å². The van der Waals surface area contributed by atoms with Gasteiger partial charge in [0.25, 0.3) is 0 Å². The molecule has 0 bridgehead atoms. The van der Waals surface area contributed by atoms with Crippen LogP contribution >= 0.6 is 11.3 Å². The van der Waals surface area contributed by atoms with E-state index in [1.165, 1.54) is 21.6 Å². The van der Waals surface area contributed by atoms with Crippen LogP contribution in [0.1, 0.15) is 34.5 Å². The van der Waals surface area contributed by atoms with E-state index in [2.05, 4.69) is 58.9 Å². The molecular formula is C23H24N2OS. The first-order chi connectivity index (χ1) is 13.3. The standard InChI is InChI=1S/C23H24N2OS/c1-2-17-8-6-7-11-20(17)24-22(26)16-25-14-12-21-19(13-15-27-21)23(25)18-9-4-3-5-10-18/h3-11,13,15,23H,2,12,14,16H2,1H3,(H,24,26)/t23-/m0/s1. The van der Waals surface area contributed by atoms with Crippen LogP contribution in [-0.2, 0) is 17.6 Å². The Labute approximate surface area is 164 Å². The summed E-state index contributed by atoms with van der Waals surface area (Å²) in [7, 11) is 0. The van der Waals surface area contributed by atoms with Crippen molar-refractivity contribution < 1.29 is 4.79 Å². The van der Waals surface area contributed by atoms with Gasteiger partial charge in [0.2, 0.25) is 5.91 Å². The lowest BCUT2D eigenvalue weighted by Crippen LogP contribution is -2.40. The van der Waals surface area contributed by atoms with E-state index in [1.807, 2.05) is 35.6 Å². The minimum atomic E-state index is 0.0514. The van der Waals surface area contributed by atoms with Gasteiger partial charge in [-0.25, -0.2) is 0 Å². The molecule has 0 fully saturated rings. The summed E-state index contributed by atoms with van der Waals surface area (Å²) in [5.41, 5.74) is 4.69. The highest BCUT2D eigenvalue weighted by molar-refractivity contribution is 7.10. The lowest BCUT2D eigenvalue weighted by Gasteiger charge is -2.35. The molecule has 1 aliphatic rings. The summed E-state index contributed by atoms with van der Waals surface area (Å²) < 4.78 is 0. The lowest BCUT2D eigenvalue weighted by atomic mass is 9.93. The van der Waals surface area contributed by atoms with Gasteiger partial charge < -0.3 is 5.32 Å². The predicted octanol–water partition coefficient (Wildman–Crippen LogP) is 4.90. The van der Waals surface area contributed by atoms with Crippen LogP contribution in [-0.4, -0.2) is 23.9 Å². The second-order valence-electron chi connectivity index (χ2n) is 6.89. The molecule has 3 nitrogen and oxygen atoms in total. The summed E-state index contributed by atoms with van der Waals surface area (Å²) in [6.07, 6.45) is 1.92. The third kappa shape index (κ3) is 3.82. The van der Waals surface area contributed by atoms with Gasteiger partial charge in [0.1, 0.15) is 0 Å². The molecule has 0 unspecified atom stereocenters. The molecule has 1 aliphatic heterocycles. The largest absolute Gasteiger partial charge is 0.325 e. The number of benzene rings is 2. The molecule has 27 heavy (non-hydrogen) atoms. The maximum absolute atomic E-state index is 12.8. The summed E-state index contributed by atoms with van der Waals surface area (Å²) in [4.78, 5) is 16.6. The first-order valence-electron chi connectivity index (χ1n) is 9.49. The second kappa shape index (κ2) is 8.07. The van der Waals surface area contributed by atoms with Crippen molar-refractivity contribution in [3.8, 4) is 0 Å². The van der Waals surface area contributed by atoms with Gasteiger partial charge >= 0.3 is 0 Å². The monoisotopic (exact) mass is 376 g/mol. The zero-order valence-electron chi connectivity index (χ0n) is 15.5. The van der Waals surface area contributed by atoms with Gasteiger partial charge in [-0.2, -0.15) is 0 Å². The van der Waals surface area contributed by atoms with Crippen LogP contribution in [0, 0.1) is 0 Å². The van der Waals surface area contributed by atoms with Crippen molar-refractivity contribution >= 4 is 22.9 Å². The molecule has 4 heteroatoms. The Morgan fingerprint density at radius 2 is 1.89 bits per heavy atom. The van der Waals surface area contributed by atoms with Gasteiger partial charge in [-0.1, -0.05) is 55.5 Å². The number of nitrogens with one attached hydrogen (secondary N) is 1. The van der Waals surface area contributed by atoms with E-state index in [4.69, 9.17) is 0 Å². The fourth-order valence-corrected chi connectivity index (χ4v) is 4.79. The first kappa shape index (κ1) is 18.0. The number of carbonyl (C=O) groups excluding carboxylic acids is 1. The molecular weight excluding hydrogens is 352 g/mol. The molecule has 2 heterocycles. The van der Waals surface area contributed by atoms with Crippen molar-refractivity contribution in [2.75, 3.05) is 18.4 Å². The number of carbonyl (C=O) groups is 1. The van der Waals surface area contributed by atoms with Crippen molar-refractivity contribution in [3.63, 3.8) is 0 Å². The Kier molecular flexibility index (Phi) is 5.37. The van der Waals surface area contributed by atoms with E-state index in [-0.39, 0.29) is 11.9 Å². The summed E-state index contributed by atoms with van der Waals surface area (Å²) in [6.45, 7) is 3.40. The average molecular weight is 377 g/mol. The molecule has 1 amide bonds. The van der Waals surface area contributed by atoms with E-state index in [1.54, 1.807) is 0 Å². The van der Waals surface area contributed by atoms with Crippen molar-refractivity contribution in [1.82, 2.24) is 4.90 Å². The lowest BCUT2D eigenvalue weighted by molar-refractivity contribution is -0.117. The molecule has 0 saturated heterocycles. The number of aryl methyl sites for hydroxylation is 1. The molecule has 1 aromatic heterocycles. The Morgan fingerprint density at radius 1 is 1.11 bits per heavy atom. The predicted molar refractivity (Wildman–Crippen MR) is 112 cm³/mol. The van der Waals surface area contributed by atoms with Crippen LogP contribution in [0.3, 0.4) is 0 Å². The van der Waals surface area contributed by atoms with Gasteiger partial charge in [-0.05, 0) is 47.0 Å².